The topological polar surface area (TPSA) is 38.7 Å². The first-order valence-corrected chi connectivity index (χ1v) is 8.20. The van der Waals surface area contributed by atoms with Gasteiger partial charge in [-0.15, -0.1) is 11.3 Å². The van der Waals surface area contributed by atoms with Crippen LogP contribution in [0.4, 0.5) is 4.39 Å². The molecule has 0 saturated heterocycles. The molecule has 1 atom stereocenters. The molecule has 1 unspecified atom stereocenters. The molecule has 24 heavy (non-hydrogen) atoms. The maximum Gasteiger partial charge on any atom is 0.173 e. The third-order valence-electron chi connectivity index (χ3n) is 3.75. The largest absolute Gasteiger partial charge is 0.497 e. The molecule has 0 spiro atoms. The van der Waals surface area contributed by atoms with Crippen molar-refractivity contribution in [2.45, 2.75) is 6.10 Å². The Labute approximate surface area is 143 Å². The third-order valence-corrected chi connectivity index (χ3v) is 4.93. The molecule has 5 heteroatoms. The molecular weight excluding hydrogens is 327 g/mol. The van der Waals surface area contributed by atoms with E-state index in [0.717, 1.165) is 15.3 Å². The van der Waals surface area contributed by atoms with Crippen molar-refractivity contribution in [3.8, 4) is 21.9 Å². The fourth-order valence-corrected chi connectivity index (χ4v) is 3.52. The van der Waals surface area contributed by atoms with E-state index in [1.165, 1.54) is 18.4 Å². The molecule has 124 valence electrons. The van der Waals surface area contributed by atoms with Gasteiger partial charge in [0.05, 0.1) is 14.2 Å². The molecule has 0 aliphatic rings. The standard InChI is InChI=1S/C19H17FO3S/c1-22-13-6-3-5-12(11-13)19(21)17-10-9-16(24-17)14-7-4-8-15(23-2)18(14)20/h3-11,19,21H,1-2H3. The Bertz CT molecular complexity index is 844. The summed E-state index contributed by atoms with van der Waals surface area (Å²) >= 11 is 1.35. The van der Waals surface area contributed by atoms with Crippen LogP contribution in [0.2, 0.25) is 0 Å². The van der Waals surface area contributed by atoms with Gasteiger partial charge in [-0.3, -0.25) is 0 Å². The van der Waals surface area contributed by atoms with Gasteiger partial charge in [0.2, 0.25) is 0 Å². The number of hydrogen-bond donors (Lipinski definition) is 1. The van der Waals surface area contributed by atoms with Gasteiger partial charge >= 0.3 is 0 Å². The molecule has 0 aliphatic heterocycles. The maximum atomic E-state index is 14.4. The molecule has 3 nitrogen and oxygen atoms in total. The molecule has 1 heterocycles. The summed E-state index contributed by atoms with van der Waals surface area (Å²) in [5, 5.41) is 10.6. The van der Waals surface area contributed by atoms with Crippen LogP contribution in [0, 0.1) is 5.82 Å². The Morgan fingerprint density at radius 2 is 1.79 bits per heavy atom. The van der Waals surface area contributed by atoms with Gasteiger partial charge in [0.1, 0.15) is 11.9 Å². The van der Waals surface area contributed by atoms with Gasteiger partial charge < -0.3 is 14.6 Å². The van der Waals surface area contributed by atoms with Crippen molar-refractivity contribution in [1.82, 2.24) is 0 Å². The van der Waals surface area contributed by atoms with Crippen LogP contribution in [0.5, 0.6) is 11.5 Å². The lowest BCUT2D eigenvalue weighted by Gasteiger charge is -2.10. The summed E-state index contributed by atoms with van der Waals surface area (Å²) in [4.78, 5) is 1.48. The number of thiophene rings is 1. The van der Waals surface area contributed by atoms with E-state index in [9.17, 15) is 9.50 Å². The Balaban J connectivity index is 1.93. The molecule has 1 aromatic heterocycles. The molecule has 3 aromatic rings. The first-order chi connectivity index (χ1) is 11.6. The molecule has 0 aliphatic carbocycles. The number of rotatable bonds is 5. The van der Waals surface area contributed by atoms with Gasteiger partial charge in [-0.1, -0.05) is 24.3 Å². The summed E-state index contributed by atoms with van der Waals surface area (Å²) in [6, 6.07) is 15.9. The summed E-state index contributed by atoms with van der Waals surface area (Å²) < 4.78 is 24.6. The molecule has 0 saturated carbocycles. The van der Waals surface area contributed by atoms with Crippen LogP contribution in [0.3, 0.4) is 0 Å². The Kier molecular flexibility index (Phi) is 4.83. The predicted molar refractivity (Wildman–Crippen MR) is 93.3 cm³/mol. The number of ether oxygens (including phenoxy) is 2. The van der Waals surface area contributed by atoms with E-state index in [4.69, 9.17) is 9.47 Å². The molecule has 0 bridgehead atoms. The zero-order chi connectivity index (χ0) is 17.1. The highest BCUT2D eigenvalue weighted by Gasteiger charge is 2.17. The number of aliphatic hydroxyl groups is 1. The number of aliphatic hydroxyl groups excluding tert-OH is 1. The Morgan fingerprint density at radius 3 is 2.54 bits per heavy atom. The monoisotopic (exact) mass is 344 g/mol. The highest BCUT2D eigenvalue weighted by atomic mass is 32.1. The van der Waals surface area contributed by atoms with Crippen LogP contribution in [-0.4, -0.2) is 19.3 Å². The maximum absolute atomic E-state index is 14.4. The van der Waals surface area contributed by atoms with Gasteiger partial charge in [0.15, 0.2) is 11.6 Å². The average Bonchev–Trinajstić information content (AvgIpc) is 3.11. The van der Waals surface area contributed by atoms with Crippen molar-refractivity contribution >= 4 is 11.3 Å². The van der Waals surface area contributed by atoms with Crippen LogP contribution < -0.4 is 9.47 Å². The van der Waals surface area contributed by atoms with E-state index >= 15 is 0 Å². The smallest absolute Gasteiger partial charge is 0.173 e. The van der Waals surface area contributed by atoms with E-state index in [-0.39, 0.29) is 5.75 Å². The second-order valence-corrected chi connectivity index (χ2v) is 6.32. The molecule has 3 rings (SSSR count). The van der Waals surface area contributed by atoms with E-state index in [1.54, 1.807) is 37.4 Å². The Hall–Kier alpha value is -2.37. The fourth-order valence-electron chi connectivity index (χ4n) is 2.48. The SMILES string of the molecule is COc1cccc(C(O)c2ccc(-c3cccc(OC)c3F)s2)c1. The lowest BCUT2D eigenvalue weighted by molar-refractivity contribution is 0.223. The minimum atomic E-state index is -0.785. The zero-order valence-corrected chi connectivity index (χ0v) is 14.1. The normalized spacial score (nSPS) is 12.0. The minimum Gasteiger partial charge on any atom is -0.497 e. The lowest BCUT2D eigenvalue weighted by atomic mass is 10.1. The molecular formula is C19H17FO3S. The van der Waals surface area contributed by atoms with Crippen molar-refractivity contribution in [3.05, 3.63) is 70.9 Å². The molecule has 2 aromatic carbocycles. The van der Waals surface area contributed by atoms with Crippen molar-refractivity contribution < 1.29 is 19.0 Å². The van der Waals surface area contributed by atoms with Crippen molar-refractivity contribution in [2.75, 3.05) is 14.2 Å². The number of hydrogen-bond acceptors (Lipinski definition) is 4. The van der Waals surface area contributed by atoms with Crippen LogP contribution in [0.15, 0.2) is 54.6 Å². The van der Waals surface area contributed by atoms with Crippen molar-refractivity contribution in [3.63, 3.8) is 0 Å². The molecule has 0 radical (unpaired) electrons. The van der Waals surface area contributed by atoms with Gasteiger partial charge in [-0.2, -0.15) is 0 Å². The van der Waals surface area contributed by atoms with Crippen LogP contribution in [-0.2, 0) is 0 Å². The van der Waals surface area contributed by atoms with E-state index in [1.807, 2.05) is 24.3 Å². The zero-order valence-electron chi connectivity index (χ0n) is 13.3. The van der Waals surface area contributed by atoms with Crippen molar-refractivity contribution in [1.29, 1.82) is 0 Å². The second-order valence-electron chi connectivity index (χ2n) is 5.20. The highest BCUT2D eigenvalue weighted by molar-refractivity contribution is 7.15. The second kappa shape index (κ2) is 7.03. The Morgan fingerprint density at radius 1 is 1.00 bits per heavy atom. The van der Waals surface area contributed by atoms with Crippen LogP contribution in [0.1, 0.15) is 16.5 Å². The van der Waals surface area contributed by atoms with Gasteiger partial charge in [-0.25, -0.2) is 4.39 Å². The van der Waals surface area contributed by atoms with Gasteiger partial charge in [-0.05, 0) is 35.9 Å². The fraction of sp³-hybridized carbons (Fsp3) is 0.158. The van der Waals surface area contributed by atoms with E-state index in [2.05, 4.69) is 0 Å². The summed E-state index contributed by atoms with van der Waals surface area (Å²) in [5.41, 5.74) is 1.19. The predicted octanol–water partition coefficient (Wildman–Crippen LogP) is 4.65. The number of benzene rings is 2. The van der Waals surface area contributed by atoms with Gasteiger partial charge in [0.25, 0.3) is 0 Å². The van der Waals surface area contributed by atoms with Crippen molar-refractivity contribution in [2.24, 2.45) is 0 Å². The third kappa shape index (κ3) is 3.13. The minimum absolute atomic E-state index is 0.204. The lowest BCUT2D eigenvalue weighted by Crippen LogP contribution is -1.97. The summed E-state index contributed by atoms with van der Waals surface area (Å²) in [6.07, 6.45) is -0.785. The highest BCUT2D eigenvalue weighted by Crippen LogP contribution is 2.37. The molecule has 0 fully saturated rings. The number of methoxy groups -OCH3 is 2. The van der Waals surface area contributed by atoms with Crippen LogP contribution in [0.25, 0.3) is 10.4 Å². The van der Waals surface area contributed by atoms with Gasteiger partial charge in [0, 0.05) is 15.3 Å². The first kappa shape index (κ1) is 16.5. The molecule has 0 amide bonds. The summed E-state index contributed by atoms with van der Waals surface area (Å²) in [6.45, 7) is 0. The van der Waals surface area contributed by atoms with E-state index < -0.39 is 11.9 Å². The quantitative estimate of drug-likeness (QED) is 0.732. The van der Waals surface area contributed by atoms with E-state index in [0.29, 0.717) is 11.3 Å². The average molecular weight is 344 g/mol. The number of halogens is 1. The summed E-state index contributed by atoms with van der Waals surface area (Å²) in [7, 11) is 3.02. The molecule has 1 N–H and O–H groups in total. The summed E-state index contributed by atoms with van der Waals surface area (Å²) in [5.74, 6) is 0.488. The van der Waals surface area contributed by atoms with Crippen LogP contribution >= 0.6 is 11.3 Å². The first-order valence-electron chi connectivity index (χ1n) is 7.38.